The maximum Gasteiger partial charge on any atom is 0.259 e. The largest absolute Gasteiger partial charge is 0.362 e. The standard InChI is InChI=1S/C20H14N4O7/c25-15(21-9-1-3-11-13(5-9)19(29)23-17(11)27)7-31-8-16(26)22-10-2-4-12-14(6-10)20(30)24-18(12)28/h1-6H,7-8H2,(H,21,25)(H,22,26)(H,23,27,29)(H,24,28,30). The van der Waals surface area contributed by atoms with Crippen molar-refractivity contribution < 1.29 is 33.5 Å². The maximum atomic E-state index is 12.0. The summed E-state index contributed by atoms with van der Waals surface area (Å²) in [5.74, 6) is -3.21. The van der Waals surface area contributed by atoms with E-state index in [4.69, 9.17) is 4.74 Å². The highest BCUT2D eigenvalue weighted by Gasteiger charge is 2.27. The second-order valence-electron chi connectivity index (χ2n) is 6.68. The molecule has 0 radical (unpaired) electrons. The van der Waals surface area contributed by atoms with Gasteiger partial charge in [0, 0.05) is 11.4 Å². The SMILES string of the molecule is O=C(COCC(=O)Nc1ccc2c(c1)C(=O)NC2=O)Nc1ccc2c(c1)C(=O)NC2=O. The minimum absolute atomic E-state index is 0.160. The van der Waals surface area contributed by atoms with E-state index in [0.29, 0.717) is 11.4 Å². The second kappa shape index (κ2) is 7.80. The average molecular weight is 422 g/mol. The molecule has 11 nitrogen and oxygen atoms in total. The van der Waals surface area contributed by atoms with Crippen LogP contribution >= 0.6 is 0 Å². The number of benzene rings is 2. The highest BCUT2D eigenvalue weighted by Crippen LogP contribution is 2.21. The van der Waals surface area contributed by atoms with Gasteiger partial charge in [-0.25, -0.2) is 0 Å². The molecule has 0 saturated carbocycles. The lowest BCUT2D eigenvalue weighted by atomic mass is 10.1. The molecular formula is C20H14N4O7. The molecule has 0 unspecified atom stereocenters. The third-order valence-electron chi connectivity index (χ3n) is 4.51. The zero-order chi connectivity index (χ0) is 22.1. The number of anilines is 2. The zero-order valence-corrected chi connectivity index (χ0v) is 15.7. The van der Waals surface area contributed by atoms with Crippen molar-refractivity contribution in [3.63, 3.8) is 0 Å². The van der Waals surface area contributed by atoms with E-state index in [1.807, 2.05) is 0 Å². The summed E-state index contributed by atoms with van der Waals surface area (Å²) in [5, 5.41) is 9.31. The number of carbonyl (C=O) groups is 6. The van der Waals surface area contributed by atoms with E-state index in [1.54, 1.807) is 0 Å². The summed E-state index contributed by atoms with van der Waals surface area (Å²) >= 11 is 0. The highest BCUT2D eigenvalue weighted by molar-refractivity contribution is 6.22. The molecule has 2 aromatic carbocycles. The van der Waals surface area contributed by atoms with Crippen LogP contribution in [0.4, 0.5) is 11.4 Å². The molecule has 0 atom stereocenters. The maximum absolute atomic E-state index is 12.0. The Kier molecular flexibility index (Phi) is 5.01. The van der Waals surface area contributed by atoms with Gasteiger partial charge in [-0.2, -0.15) is 0 Å². The molecule has 4 N–H and O–H groups in total. The molecule has 0 bridgehead atoms. The molecule has 2 aromatic rings. The van der Waals surface area contributed by atoms with Crippen LogP contribution in [0, 0.1) is 0 Å². The Bertz CT molecular complexity index is 1100. The molecule has 0 fully saturated rings. The first-order valence-electron chi connectivity index (χ1n) is 8.99. The van der Waals surface area contributed by atoms with E-state index < -0.39 is 48.7 Å². The van der Waals surface area contributed by atoms with Crippen molar-refractivity contribution in [2.75, 3.05) is 23.8 Å². The van der Waals surface area contributed by atoms with Gasteiger partial charge in [-0.1, -0.05) is 0 Å². The van der Waals surface area contributed by atoms with E-state index in [1.165, 1.54) is 36.4 Å². The van der Waals surface area contributed by atoms with Gasteiger partial charge in [-0.05, 0) is 36.4 Å². The van der Waals surface area contributed by atoms with E-state index in [-0.39, 0.29) is 22.3 Å². The molecular weight excluding hydrogens is 408 g/mol. The predicted molar refractivity (Wildman–Crippen MR) is 105 cm³/mol. The molecule has 156 valence electrons. The molecule has 2 heterocycles. The predicted octanol–water partition coefficient (Wildman–Crippen LogP) is 0.0476. The van der Waals surface area contributed by atoms with Gasteiger partial charge in [0.25, 0.3) is 23.6 Å². The Morgan fingerprint density at radius 2 is 1.03 bits per heavy atom. The first kappa shape index (κ1) is 19.9. The van der Waals surface area contributed by atoms with Crippen molar-refractivity contribution in [1.29, 1.82) is 0 Å². The molecule has 31 heavy (non-hydrogen) atoms. The Balaban J connectivity index is 1.26. The summed E-state index contributed by atoms with van der Waals surface area (Å²) in [7, 11) is 0. The Labute approximate surface area is 174 Å². The van der Waals surface area contributed by atoms with Gasteiger partial charge in [-0.15, -0.1) is 0 Å². The lowest BCUT2D eigenvalue weighted by Crippen LogP contribution is -2.24. The van der Waals surface area contributed by atoms with Crippen LogP contribution in [0.5, 0.6) is 0 Å². The minimum atomic E-state index is -0.565. The number of fused-ring (bicyclic) bond motifs is 2. The van der Waals surface area contributed by atoms with E-state index in [9.17, 15) is 28.8 Å². The minimum Gasteiger partial charge on any atom is -0.362 e. The average Bonchev–Trinajstić information content (AvgIpc) is 3.16. The Hall–Kier alpha value is -4.38. The monoisotopic (exact) mass is 422 g/mol. The van der Waals surface area contributed by atoms with Crippen LogP contribution < -0.4 is 21.3 Å². The fourth-order valence-corrected chi connectivity index (χ4v) is 3.12. The van der Waals surface area contributed by atoms with Crippen molar-refractivity contribution in [3.8, 4) is 0 Å². The van der Waals surface area contributed by atoms with Crippen LogP contribution in [0.15, 0.2) is 36.4 Å². The van der Waals surface area contributed by atoms with Gasteiger partial charge >= 0.3 is 0 Å². The van der Waals surface area contributed by atoms with Gasteiger partial charge in [0.1, 0.15) is 13.2 Å². The normalized spacial score (nSPS) is 13.9. The van der Waals surface area contributed by atoms with Crippen molar-refractivity contribution in [2.45, 2.75) is 0 Å². The Morgan fingerprint density at radius 1 is 0.645 bits per heavy atom. The van der Waals surface area contributed by atoms with Crippen molar-refractivity contribution in [3.05, 3.63) is 58.7 Å². The van der Waals surface area contributed by atoms with Crippen molar-refractivity contribution in [1.82, 2.24) is 10.6 Å². The fourth-order valence-electron chi connectivity index (χ4n) is 3.12. The summed E-state index contributed by atoms with van der Waals surface area (Å²) in [5.41, 5.74) is 1.37. The highest BCUT2D eigenvalue weighted by atomic mass is 16.5. The molecule has 2 aliphatic rings. The third kappa shape index (κ3) is 4.02. The lowest BCUT2D eigenvalue weighted by molar-refractivity contribution is -0.125. The smallest absolute Gasteiger partial charge is 0.259 e. The summed E-state index contributed by atoms with van der Waals surface area (Å²) in [4.78, 5) is 70.3. The third-order valence-corrected chi connectivity index (χ3v) is 4.51. The number of ether oxygens (including phenoxy) is 1. The van der Waals surface area contributed by atoms with E-state index >= 15 is 0 Å². The number of amides is 6. The number of carbonyl (C=O) groups excluding carboxylic acids is 6. The molecule has 4 rings (SSSR count). The molecule has 0 aliphatic carbocycles. The zero-order valence-electron chi connectivity index (χ0n) is 15.7. The van der Waals surface area contributed by atoms with Gasteiger partial charge in [-0.3, -0.25) is 39.4 Å². The Morgan fingerprint density at radius 3 is 1.45 bits per heavy atom. The number of rotatable bonds is 6. The first-order valence-corrected chi connectivity index (χ1v) is 8.99. The number of hydrogen-bond acceptors (Lipinski definition) is 7. The van der Waals surface area contributed by atoms with Crippen molar-refractivity contribution in [2.24, 2.45) is 0 Å². The van der Waals surface area contributed by atoms with Crippen LogP contribution in [-0.2, 0) is 14.3 Å². The van der Waals surface area contributed by atoms with E-state index in [2.05, 4.69) is 21.3 Å². The molecule has 11 heteroatoms. The summed E-state index contributed by atoms with van der Waals surface area (Å²) in [6.07, 6.45) is 0. The number of imide groups is 2. The van der Waals surface area contributed by atoms with Gasteiger partial charge in [0.05, 0.1) is 22.3 Å². The molecule has 2 aliphatic heterocycles. The van der Waals surface area contributed by atoms with Crippen LogP contribution in [0.2, 0.25) is 0 Å². The second-order valence-corrected chi connectivity index (χ2v) is 6.68. The van der Waals surface area contributed by atoms with Crippen LogP contribution in [0.25, 0.3) is 0 Å². The van der Waals surface area contributed by atoms with Gasteiger partial charge in [0.15, 0.2) is 0 Å². The van der Waals surface area contributed by atoms with Crippen LogP contribution in [0.1, 0.15) is 41.4 Å². The fraction of sp³-hybridized carbons (Fsp3) is 0.100. The molecule has 6 amide bonds. The summed E-state index contributed by atoms with van der Waals surface area (Å²) in [6, 6.07) is 8.52. The van der Waals surface area contributed by atoms with Crippen LogP contribution in [0.3, 0.4) is 0 Å². The summed E-state index contributed by atoms with van der Waals surface area (Å²) < 4.78 is 5.07. The first-order chi connectivity index (χ1) is 14.8. The lowest BCUT2D eigenvalue weighted by Gasteiger charge is -2.08. The quantitative estimate of drug-likeness (QED) is 0.479. The van der Waals surface area contributed by atoms with Gasteiger partial charge < -0.3 is 15.4 Å². The number of nitrogens with one attached hydrogen (secondary N) is 4. The number of hydrogen-bond donors (Lipinski definition) is 4. The molecule has 0 saturated heterocycles. The topological polar surface area (TPSA) is 160 Å². The van der Waals surface area contributed by atoms with Crippen LogP contribution in [-0.4, -0.2) is 48.7 Å². The van der Waals surface area contributed by atoms with Gasteiger partial charge in [0.2, 0.25) is 11.8 Å². The van der Waals surface area contributed by atoms with Crippen molar-refractivity contribution >= 4 is 46.8 Å². The summed E-state index contributed by atoms with van der Waals surface area (Å²) in [6.45, 7) is -0.868. The molecule has 0 spiro atoms. The molecule has 0 aromatic heterocycles. The van der Waals surface area contributed by atoms with E-state index in [0.717, 1.165) is 0 Å².